The Hall–Kier alpha value is -3.38. The second-order valence-electron chi connectivity index (χ2n) is 11.3. The lowest BCUT2D eigenvalue weighted by atomic mass is 9.85. The van der Waals surface area contributed by atoms with Gasteiger partial charge in [-0.25, -0.2) is 0 Å². The zero-order valence-corrected chi connectivity index (χ0v) is 25.3. The number of hydrogen-bond acceptors (Lipinski definition) is 6. The van der Waals surface area contributed by atoms with Gasteiger partial charge in [-0.1, -0.05) is 51.1 Å². The highest BCUT2D eigenvalue weighted by Gasteiger charge is 2.34. The molecule has 41 heavy (non-hydrogen) atoms. The lowest BCUT2D eigenvalue weighted by Crippen LogP contribution is -2.39. The number of hydrogen-bond donors (Lipinski definition) is 0. The maximum atomic E-state index is 12.2. The molecule has 6 nitrogen and oxygen atoms in total. The van der Waals surface area contributed by atoms with Crippen molar-refractivity contribution in [1.82, 2.24) is 0 Å². The summed E-state index contributed by atoms with van der Waals surface area (Å²) in [5.41, 5.74) is 4.46. The fraction of sp³-hybridized carbons (Fsp3) is 0.486. The van der Waals surface area contributed by atoms with Crippen LogP contribution in [0.15, 0.2) is 66.8 Å². The molecule has 222 valence electrons. The molecule has 2 atom stereocenters. The van der Waals surface area contributed by atoms with E-state index in [1.54, 1.807) is 6.92 Å². The topological polar surface area (TPSA) is 71.1 Å². The van der Waals surface area contributed by atoms with Gasteiger partial charge in [0.2, 0.25) is 0 Å². The van der Waals surface area contributed by atoms with Crippen LogP contribution in [-0.4, -0.2) is 44.3 Å². The van der Waals surface area contributed by atoms with E-state index >= 15 is 0 Å². The van der Waals surface area contributed by atoms with Gasteiger partial charge in [0.05, 0.1) is 25.2 Å². The Labute approximate surface area is 245 Å². The van der Waals surface area contributed by atoms with Gasteiger partial charge < -0.3 is 18.9 Å². The van der Waals surface area contributed by atoms with E-state index in [2.05, 4.69) is 44.3 Å². The molecule has 2 aromatic carbocycles. The molecule has 0 aromatic heterocycles. The van der Waals surface area contributed by atoms with Crippen molar-refractivity contribution in [3.8, 4) is 22.6 Å². The number of rotatable bonds is 14. The molecule has 0 saturated carbocycles. The number of benzene rings is 2. The summed E-state index contributed by atoms with van der Waals surface area (Å²) in [4.78, 5) is 24.2. The first kappa shape index (κ1) is 32.1. The van der Waals surface area contributed by atoms with Crippen LogP contribution in [0.25, 0.3) is 11.1 Å². The van der Waals surface area contributed by atoms with Crippen molar-refractivity contribution < 1.29 is 28.5 Å². The van der Waals surface area contributed by atoms with Crippen LogP contribution in [0, 0.1) is 5.41 Å². The Kier molecular flexibility index (Phi) is 12.2. The average Bonchev–Trinajstić information content (AvgIpc) is 3.05. The van der Waals surface area contributed by atoms with Gasteiger partial charge in [0, 0.05) is 12.8 Å². The van der Waals surface area contributed by atoms with Crippen molar-refractivity contribution in [3.05, 3.63) is 72.3 Å². The van der Waals surface area contributed by atoms with Gasteiger partial charge in [-0.2, -0.15) is 0 Å². The molecule has 3 rings (SSSR count). The summed E-state index contributed by atoms with van der Waals surface area (Å²) in [6.07, 6.45) is 5.08. The van der Waals surface area contributed by atoms with Crippen LogP contribution in [0.3, 0.4) is 0 Å². The van der Waals surface area contributed by atoms with Crippen LogP contribution < -0.4 is 9.47 Å². The summed E-state index contributed by atoms with van der Waals surface area (Å²) < 4.78 is 24.0. The van der Waals surface area contributed by atoms with Crippen molar-refractivity contribution in [2.24, 2.45) is 5.41 Å². The molecule has 1 heterocycles. The first-order valence-corrected chi connectivity index (χ1v) is 14.7. The lowest BCUT2D eigenvalue weighted by Gasteiger charge is -2.32. The Morgan fingerprint density at radius 3 is 2.44 bits per heavy atom. The second kappa shape index (κ2) is 15.6. The monoisotopic (exact) mass is 562 g/mol. The van der Waals surface area contributed by atoms with Crippen LogP contribution in [0.1, 0.15) is 71.8 Å². The SMILES string of the molecule is C=C(C)C(=O)CCOCC1(COc2ccc(-c3ccc(OC(C)C(=C)C)cc3)c(CC)c2)CCCCCC(=O)OC1. The standard InChI is InChI=1S/C35H46O6/c1-7-28-21-31(16-17-32(28)29-12-14-30(15-13-29)41-27(6)25(2)3)39-23-35(22-38-20-18-33(36)26(4)5)19-10-8-9-11-34(37)40-24-35/h12-17,21,27H,2,4,7-11,18-20,22-24H2,1,3,5-6H3. The number of cyclic esters (lactones) is 1. The number of Topliss-reactive ketones (excluding diaryl/α,β-unsaturated/α-hetero) is 1. The minimum absolute atomic E-state index is 0.00744. The van der Waals surface area contributed by atoms with E-state index in [-0.39, 0.29) is 30.9 Å². The number of aryl methyl sites for hydroxylation is 1. The second-order valence-corrected chi connectivity index (χ2v) is 11.3. The summed E-state index contributed by atoms with van der Waals surface area (Å²) in [6, 6.07) is 14.3. The molecule has 6 heteroatoms. The molecule has 0 aliphatic carbocycles. The van der Waals surface area contributed by atoms with E-state index in [0.29, 0.717) is 31.8 Å². The van der Waals surface area contributed by atoms with E-state index in [0.717, 1.165) is 60.3 Å². The normalized spacial score (nSPS) is 18.3. The van der Waals surface area contributed by atoms with Gasteiger partial charge in [-0.3, -0.25) is 9.59 Å². The first-order valence-electron chi connectivity index (χ1n) is 14.7. The summed E-state index contributed by atoms with van der Waals surface area (Å²) in [7, 11) is 0. The fourth-order valence-electron chi connectivity index (χ4n) is 4.75. The third kappa shape index (κ3) is 9.89. The largest absolute Gasteiger partial charge is 0.493 e. The van der Waals surface area contributed by atoms with Crippen LogP contribution in [-0.2, 0) is 25.5 Å². The Morgan fingerprint density at radius 2 is 1.76 bits per heavy atom. The molecular formula is C35H46O6. The molecule has 2 aromatic rings. The Balaban J connectivity index is 1.73. The van der Waals surface area contributed by atoms with E-state index in [1.807, 2.05) is 32.0 Å². The Morgan fingerprint density at radius 1 is 1.02 bits per heavy atom. The fourth-order valence-corrected chi connectivity index (χ4v) is 4.75. The van der Waals surface area contributed by atoms with Crippen LogP contribution in [0.2, 0.25) is 0 Å². The molecule has 0 spiro atoms. The maximum Gasteiger partial charge on any atom is 0.305 e. The van der Waals surface area contributed by atoms with Gasteiger partial charge in [-0.15, -0.1) is 0 Å². The zero-order chi connectivity index (χ0) is 29.8. The smallest absolute Gasteiger partial charge is 0.305 e. The predicted octanol–water partition coefficient (Wildman–Crippen LogP) is 7.68. The minimum atomic E-state index is -0.492. The zero-order valence-electron chi connectivity index (χ0n) is 25.3. The molecule has 1 saturated heterocycles. The van der Waals surface area contributed by atoms with Crippen molar-refractivity contribution in [3.63, 3.8) is 0 Å². The number of carbonyl (C=O) groups is 2. The van der Waals surface area contributed by atoms with Crippen LogP contribution in [0.4, 0.5) is 0 Å². The summed E-state index contributed by atoms with van der Waals surface area (Å²) in [6.45, 7) is 16.7. The van der Waals surface area contributed by atoms with Crippen molar-refractivity contribution in [2.75, 3.05) is 26.4 Å². The van der Waals surface area contributed by atoms with E-state index < -0.39 is 5.41 Å². The molecule has 0 radical (unpaired) electrons. The molecule has 2 unspecified atom stereocenters. The van der Waals surface area contributed by atoms with Crippen molar-refractivity contribution in [2.45, 2.75) is 78.7 Å². The van der Waals surface area contributed by atoms with E-state index in [4.69, 9.17) is 18.9 Å². The number of esters is 1. The van der Waals surface area contributed by atoms with Gasteiger partial charge in [0.1, 0.15) is 24.2 Å². The quantitative estimate of drug-likeness (QED) is 0.102. The van der Waals surface area contributed by atoms with Gasteiger partial charge >= 0.3 is 5.97 Å². The highest BCUT2D eigenvalue weighted by atomic mass is 16.5. The maximum absolute atomic E-state index is 12.2. The molecule has 1 fully saturated rings. The predicted molar refractivity (Wildman–Crippen MR) is 163 cm³/mol. The number of carbonyl (C=O) groups excluding carboxylic acids is 2. The third-order valence-electron chi connectivity index (χ3n) is 7.66. The van der Waals surface area contributed by atoms with Crippen LogP contribution in [0.5, 0.6) is 11.5 Å². The number of ether oxygens (including phenoxy) is 4. The van der Waals surface area contributed by atoms with Gasteiger partial charge in [0.15, 0.2) is 5.78 Å². The molecule has 1 aliphatic rings. The van der Waals surface area contributed by atoms with Gasteiger partial charge in [0.25, 0.3) is 0 Å². The average molecular weight is 563 g/mol. The molecule has 1 aliphatic heterocycles. The van der Waals surface area contributed by atoms with Crippen molar-refractivity contribution in [1.29, 1.82) is 0 Å². The third-order valence-corrected chi connectivity index (χ3v) is 7.66. The van der Waals surface area contributed by atoms with Crippen molar-refractivity contribution >= 4 is 11.8 Å². The van der Waals surface area contributed by atoms with E-state index in [1.165, 1.54) is 5.56 Å². The number of ketones is 1. The summed E-state index contributed by atoms with van der Waals surface area (Å²) in [5, 5.41) is 0. The van der Waals surface area contributed by atoms with Crippen LogP contribution >= 0.6 is 0 Å². The van der Waals surface area contributed by atoms with E-state index in [9.17, 15) is 9.59 Å². The highest BCUT2D eigenvalue weighted by molar-refractivity contribution is 5.94. The number of allylic oxidation sites excluding steroid dienone is 1. The summed E-state index contributed by atoms with van der Waals surface area (Å²) in [5.74, 6) is 1.39. The minimum Gasteiger partial charge on any atom is -0.493 e. The Bertz CT molecular complexity index is 1200. The first-order chi connectivity index (χ1) is 19.6. The molecule has 0 amide bonds. The van der Waals surface area contributed by atoms with Gasteiger partial charge in [-0.05, 0) is 92.1 Å². The molecular weight excluding hydrogens is 516 g/mol. The lowest BCUT2D eigenvalue weighted by molar-refractivity contribution is -0.150. The molecule has 0 N–H and O–H groups in total. The highest BCUT2D eigenvalue weighted by Crippen LogP contribution is 2.33. The molecule has 0 bridgehead atoms. The summed E-state index contributed by atoms with van der Waals surface area (Å²) >= 11 is 0.